The summed E-state index contributed by atoms with van der Waals surface area (Å²) >= 11 is 0. The van der Waals surface area contributed by atoms with Crippen molar-refractivity contribution in [2.24, 2.45) is 10.8 Å². The zero-order valence-electron chi connectivity index (χ0n) is 53.0. The number of allylic oxidation sites excluding steroid dienone is 22. The molecule has 0 aliphatic heterocycles. The summed E-state index contributed by atoms with van der Waals surface area (Å²) in [5.74, 6) is -0.175. The molecule has 0 fully saturated rings. The topological polar surface area (TPSA) is 59.1 Å². The Morgan fingerprint density at radius 1 is 0.469 bits per heavy atom. The Labute approximate surface area is 504 Å². The van der Waals surface area contributed by atoms with E-state index in [-0.39, 0.29) is 45.0 Å². The maximum atomic E-state index is 12.1. The van der Waals surface area contributed by atoms with Crippen LogP contribution in [0, 0.1) is 10.8 Å². The van der Waals surface area contributed by atoms with Gasteiger partial charge in [-0.25, -0.2) is 0 Å². The first-order valence-electron chi connectivity index (χ1n) is 30.9. The minimum atomic E-state index is -0.0940. The summed E-state index contributed by atoms with van der Waals surface area (Å²) in [6, 6.07) is 0. The Balaban J connectivity index is -0.00000146. The van der Waals surface area contributed by atoms with Gasteiger partial charge in [-0.15, -0.1) is 0 Å². The number of hydrogen-bond acceptors (Lipinski definition) is 6. The lowest BCUT2D eigenvalue weighted by atomic mass is 9.72. The van der Waals surface area contributed by atoms with E-state index in [1.54, 1.807) is 0 Å². The van der Waals surface area contributed by atoms with E-state index in [1.807, 2.05) is 26.0 Å². The van der Waals surface area contributed by atoms with Crippen LogP contribution in [0.1, 0.15) is 258 Å². The third-order valence-electron chi connectivity index (χ3n) is 15.2. The predicted octanol–water partition coefficient (Wildman–Crippen LogP) is 22.1. The van der Waals surface area contributed by atoms with Crippen molar-refractivity contribution in [3.63, 3.8) is 0 Å². The lowest BCUT2D eigenvalue weighted by Crippen LogP contribution is -2.19. The molecular weight excluding hydrogens is 993 g/mol. The Kier molecular flexibility index (Phi) is 50.2. The van der Waals surface area contributed by atoms with Crippen molar-refractivity contribution in [2.75, 3.05) is 54.5 Å². The highest BCUT2D eigenvalue weighted by Crippen LogP contribution is 2.42. The second-order valence-electron chi connectivity index (χ2n) is 24.5. The molecule has 0 bridgehead atoms. The second kappa shape index (κ2) is 50.3. The zero-order valence-corrected chi connectivity index (χ0v) is 53.0. The maximum Gasteiger partial charge on any atom is 0.306 e. The molecule has 464 valence electrons. The lowest BCUT2D eigenvalue weighted by Gasteiger charge is -2.33. The van der Waals surface area contributed by atoms with Crippen LogP contribution in [0.4, 0.5) is 0 Å². The largest absolute Gasteiger partial charge is 0.461 e. The molecule has 0 heterocycles. The Bertz CT molecular complexity index is 2050. The summed E-state index contributed by atoms with van der Waals surface area (Å²) in [6.07, 6.45) is 64.8. The van der Waals surface area contributed by atoms with Crippen LogP contribution >= 0.6 is 0 Å². The quantitative estimate of drug-likeness (QED) is 0.0266. The number of hydrogen-bond donors (Lipinski definition) is 0. The van der Waals surface area contributed by atoms with Gasteiger partial charge in [0.1, 0.15) is 13.2 Å². The maximum absolute atomic E-state index is 12.1. The van der Waals surface area contributed by atoms with Crippen molar-refractivity contribution >= 4 is 11.9 Å². The van der Waals surface area contributed by atoms with E-state index in [9.17, 15) is 9.59 Å². The fraction of sp³-hybridized carbons (Fsp3) is 0.653. The molecule has 0 unspecified atom stereocenters. The molecule has 2 rings (SSSR count). The Morgan fingerprint density at radius 3 is 1.19 bits per heavy atom. The molecule has 0 amide bonds. The van der Waals surface area contributed by atoms with Gasteiger partial charge in [0.25, 0.3) is 0 Å². The highest BCUT2D eigenvalue weighted by Gasteiger charge is 2.27. The molecule has 0 aromatic heterocycles. The van der Waals surface area contributed by atoms with Crippen LogP contribution in [0.2, 0.25) is 0 Å². The van der Waals surface area contributed by atoms with Gasteiger partial charge in [0.2, 0.25) is 0 Å². The average Bonchev–Trinajstić information content (AvgIpc) is 3.36. The molecule has 2 aliphatic carbocycles. The van der Waals surface area contributed by atoms with Gasteiger partial charge >= 0.3 is 11.9 Å². The summed E-state index contributed by atoms with van der Waals surface area (Å²) in [6.45, 7) is 25.4. The van der Waals surface area contributed by atoms with Crippen LogP contribution in [0.3, 0.4) is 0 Å². The third-order valence-corrected chi connectivity index (χ3v) is 15.2. The fourth-order valence-corrected chi connectivity index (χ4v) is 10.1. The van der Waals surface area contributed by atoms with Crippen LogP contribution in [0.5, 0.6) is 0 Å². The number of carbonyl (C=O) groups excluding carboxylic acids is 2. The van der Waals surface area contributed by atoms with Gasteiger partial charge in [-0.3, -0.25) is 9.59 Å². The molecule has 0 radical (unpaired) electrons. The van der Waals surface area contributed by atoms with Gasteiger partial charge < -0.3 is 19.3 Å². The standard InChI is InChI=1S/C39H63NO2.C33H55NO2.3CH4/c1-34(28-29-37-36(3)26-23-31-39(37,4)5)24-22-25-35(2)30-33-42-38(41)27-20-18-16-14-12-10-8-9-11-13-15-17-19-21-32-40(6)7;1-28(22-23-31-30(3)20-17-25-33(31,4)5)18-16-19-29(2)24-27-36-32(35)21-14-12-10-8-9-11-13-15-26-34(6)7;;;/h8,10-11,13,22,24-25,28-30H,9,12,14-21,23,26-27,31-33H2,1-7H3;16,18-19,22-24H,8-15,17,20-21,25-27H2,1-7H3;3*1H4/b10-8-,13-11-,25-22+,29-28+,34-24+,35-30+;19-16+,23-22+,28-18+,29-24+;;;. The molecular formula is C75H130N2O4. The van der Waals surface area contributed by atoms with E-state index in [1.165, 1.54) is 162 Å². The number of nitrogens with zero attached hydrogens (tertiary/aromatic N) is 2. The van der Waals surface area contributed by atoms with Crippen molar-refractivity contribution in [2.45, 2.75) is 258 Å². The smallest absolute Gasteiger partial charge is 0.306 e. The van der Waals surface area contributed by atoms with Crippen LogP contribution in [0.25, 0.3) is 0 Å². The summed E-state index contributed by atoms with van der Waals surface area (Å²) in [7, 11) is 8.55. The normalized spacial score (nSPS) is 16.3. The van der Waals surface area contributed by atoms with Crippen molar-refractivity contribution in [3.05, 3.63) is 142 Å². The number of carbonyl (C=O) groups is 2. The predicted molar refractivity (Wildman–Crippen MR) is 362 cm³/mol. The molecule has 0 aromatic rings. The SMILES string of the molecule is C.C.C.CC1=C(/C=C/C(C)=C/C=C/C(C)=C/COC(=O)CCCCCC/C=C\C/C=C\CCCCCN(C)C)C(C)(C)CCC1.CC1=C(/C=C/C(C)=C/C=C/C(C)=C/COC(=O)CCCCCCCCCCN(C)C)C(C)(C)CCC1. The van der Waals surface area contributed by atoms with Crippen molar-refractivity contribution < 1.29 is 19.1 Å². The van der Waals surface area contributed by atoms with Crippen LogP contribution in [0.15, 0.2) is 142 Å². The van der Waals surface area contributed by atoms with Gasteiger partial charge in [-0.05, 0) is 213 Å². The van der Waals surface area contributed by atoms with E-state index in [0.717, 1.165) is 49.7 Å². The molecule has 0 atom stereocenters. The number of ether oxygens (including phenoxy) is 2. The highest BCUT2D eigenvalue weighted by atomic mass is 16.5. The summed E-state index contributed by atoms with van der Waals surface area (Å²) in [5.41, 5.74) is 11.3. The summed E-state index contributed by atoms with van der Waals surface area (Å²) in [5, 5.41) is 0. The van der Waals surface area contributed by atoms with Gasteiger partial charge in [0.05, 0.1) is 0 Å². The zero-order chi connectivity index (χ0) is 57.9. The van der Waals surface area contributed by atoms with E-state index >= 15 is 0 Å². The molecule has 0 aromatic carbocycles. The van der Waals surface area contributed by atoms with Gasteiger partial charge in [0.15, 0.2) is 0 Å². The van der Waals surface area contributed by atoms with E-state index < -0.39 is 0 Å². The summed E-state index contributed by atoms with van der Waals surface area (Å²) < 4.78 is 10.8. The number of rotatable bonds is 38. The minimum absolute atomic E-state index is 0. The molecule has 6 nitrogen and oxygen atoms in total. The second-order valence-corrected chi connectivity index (χ2v) is 24.5. The fourth-order valence-electron chi connectivity index (χ4n) is 10.1. The molecule has 6 heteroatoms. The first-order valence-corrected chi connectivity index (χ1v) is 30.9. The van der Waals surface area contributed by atoms with Gasteiger partial charge in [0, 0.05) is 12.8 Å². The van der Waals surface area contributed by atoms with E-state index in [0.29, 0.717) is 26.1 Å². The third kappa shape index (κ3) is 44.9. The van der Waals surface area contributed by atoms with Crippen molar-refractivity contribution in [1.29, 1.82) is 0 Å². The van der Waals surface area contributed by atoms with E-state index in [4.69, 9.17) is 9.47 Å². The van der Waals surface area contributed by atoms with Crippen LogP contribution in [-0.2, 0) is 19.1 Å². The van der Waals surface area contributed by atoms with Crippen LogP contribution < -0.4 is 0 Å². The molecule has 2 aliphatic rings. The lowest BCUT2D eigenvalue weighted by molar-refractivity contribution is -0.143. The molecule has 81 heavy (non-hydrogen) atoms. The first kappa shape index (κ1) is 81.0. The minimum Gasteiger partial charge on any atom is -0.461 e. The Hall–Kier alpha value is -4.26. The summed E-state index contributed by atoms with van der Waals surface area (Å²) in [4.78, 5) is 28.5. The van der Waals surface area contributed by atoms with Gasteiger partial charge in [-0.1, -0.05) is 226 Å². The molecule has 0 N–H and O–H groups in total. The van der Waals surface area contributed by atoms with Crippen molar-refractivity contribution in [1.82, 2.24) is 9.80 Å². The first-order chi connectivity index (χ1) is 37.2. The van der Waals surface area contributed by atoms with Crippen LogP contribution in [-0.4, -0.2) is 76.2 Å². The van der Waals surface area contributed by atoms with E-state index in [2.05, 4.69) is 178 Å². The molecule has 0 spiro atoms. The Morgan fingerprint density at radius 2 is 0.815 bits per heavy atom. The molecule has 0 saturated heterocycles. The molecule has 0 saturated carbocycles. The van der Waals surface area contributed by atoms with Gasteiger partial charge in [-0.2, -0.15) is 0 Å². The number of unbranched alkanes of at least 4 members (excludes halogenated alkanes) is 14. The average molecular weight is 1120 g/mol. The number of esters is 2. The van der Waals surface area contributed by atoms with Crippen molar-refractivity contribution in [3.8, 4) is 0 Å². The highest BCUT2D eigenvalue weighted by molar-refractivity contribution is 5.69. The monoisotopic (exact) mass is 1120 g/mol.